The number of aliphatic hydroxyl groups excluding tert-OH is 1. The molecule has 5 atom stereocenters. The van der Waals surface area contributed by atoms with Crippen molar-refractivity contribution in [3.8, 4) is 5.75 Å². The normalized spacial score (nSPS) is 15.9. The van der Waals surface area contributed by atoms with Crippen molar-refractivity contribution in [1.82, 2.24) is 20.9 Å². The van der Waals surface area contributed by atoms with E-state index in [4.69, 9.17) is 9.47 Å². The number of benzene rings is 3. The van der Waals surface area contributed by atoms with Gasteiger partial charge in [-0.2, -0.15) is 0 Å². The van der Waals surface area contributed by atoms with Gasteiger partial charge in [0.2, 0.25) is 17.7 Å². The van der Waals surface area contributed by atoms with Gasteiger partial charge in [-0.15, -0.1) is 0 Å². The van der Waals surface area contributed by atoms with Crippen LogP contribution in [0.1, 0.15) is 37.0 Å². The molecule has 0 spiro atoms. The van der Waals surface area contributed by atoms with E-state index >= 15 is 0 Å². The van der Waals surface area contributed by atoms with E-state index in [-0.39, 0.29) is 37.5 Å². The van der Waals surface area contributed by atoms with Crippen LogP contribution in [0.4, 0.5) is 4.79 Å². The molecular formula is C39H50N4O8. The smallest absolute Gasteiger partial charge is 0.404 e. The average Bonchev–Trinajstić information content (AvgIpc) is 3.13. The van der Waals surface area contributed by atoms with E-state index in [1.807, 2.05) is 72.8 Å². The molecule has 51 heavy (non-hydrogen) atoms. The molecule has 1 fully saturated rings. The molecule has 3 aromatic carbocycles. The summed E-state index contributed by atoms with van der Waals surface area (Å²) in [5.74, 6) is -1.75. The monoisotopic (exact) mass is 702 g/mol. The van der Waals surface area contributed by atoms with Gasteiger partial charge in [0.1, 0.15) is 17.8 Å². The lowest BCUT2D eigenvalue weighted by Gasteiger charge is -2.32. The van der Waals surface area contributed by atoms with Crippen molar-refractivity contribution >= 4 is 23.8 Å². The molecule has 0 bridgehead atoms. The Morgan fingerprint density at radius 1 is 0.765 bits per heavy atom. The number of hydrogen-bond acceptors (Lipinski definition) is 7. The van der Waals surface area contributed by atoms with Crippen LogP contribution in [0, 0.1) is 11.8 Å². The predicted octanol–water partition coefficient (Wildman–Crippen LogP) is 3.21. The number of nitrogens with one attached hydrogen (secondary N) is 3. The van der Waals surface area contributed by atoms with Gasteiger partial charge in [0.05, 0.1) is 32.5 Å². The van der Waals surface area contributed by atoms with Gasteiger partial charge in [-0.25, -0.2) is 4.79 Å². The van der Waals surface area contributed by atoms with E-state index in [2.05, 4.69) is 16.0 Å². The minimum atomic E-state index is -1.29. The van der Waals surface area contributed by atoms with E-state index in [1.54, 1.807) is 38.0 Å². The Morgan fingerprint density at radius 2 is 1.33 bits per heavy atom. The Bertz CT molecular complexity index is 1550. The maximum atomic E-state index is 14.1. The summed E-state index contributed by atoms with van der Waals surface area (Å²) in [4.78, 5) is 55.2. The van der Waals surface area contributed by atoms with E-state index in [1.165, 1.54) is 0 Å². The number of carboxylic acid groups (broad SMARTS) is 1. The molecule has 1 saturated heterocycles. The highest BCUT2D eigenvalue weighted by molar-refractivity contribution is 5.93. The number of methoxy groups -OCH3 is 1. The van der Waals surface area contributed by atoms with Crippen LogP contribution in [-0.4, -0.2) is 96.6 Å². The Morgan fingerprint density at radius 3 is 1.88 bits per heavy atom. The van der Waals surface area contributed by atoms with Crippen LogP contribution in [0.5, 0.6) is 5.75 Å². The molecule has 12 heteroatoms. The first-order chi connectivity index (χ1) is 24.5. The molecule has 5 N–H and O–H groups in total. The number of ether oxygens (including phenoxy) is 2. The zero-order valence-electron chi connectivity index (χ0n) is 29.5. The summed E-state index contributed by atoms with van der Waals surface area (Å²) in [6, 6.07) is 23.0. The van der Waals surface area contributed by atoms with E-state index in [0.717, 1.165) is 16.7 Å². The second-order valence-corrected chi connectivity index (χ2v) is 13.2. The van der Waals surface area contributed by atoms with Gasteiger partial charge in [0, 0.05) is 25.4 Å². The number of carbonyl (C=O) groups is 4. The van der Waals surface area contributed by atoms with Crippen molar-refractivity contribution in [2.24, 2.45) is 11.8 Å². The lowest BCUT2D eigenvalue weighted by molar-refractivity contribution is -0.141. The summed E-state index contributed by atoms with van der Waals surface area (Å²) < 4.78 is 10.7. The molecule has 0 radical (unpaired) electrons. The fourth-order valence-electron chi connectivity index (χ4n) is 6.22. The highest BCUT2D eigenvalue weighted by Crippen LogP contribution is 2.22. The molecule has 1 heterocycles. The molecule has 274 valence electrons. The lowest BCUT2D eigenvalue weighted by atomic mass is 9.88. The van der Waals surface area contributed by atoms with E-state index in [9.17, 15) is 29.4 Å². The third kappa shape index (κ3) is 12.1. The summed E-state index contributed by atoms with van der Waals surface area (Å²) in [6.45, 7) is 5.28. The standard InChI is InChI=1S/C39H50N4O8/c1-26(2)35(37(46)40-33(24-28-12-8-5-9-13-28)38(47)43-18-20-51-21-19-43)42-36(45)30(22-29-14-16-31(50-3)17-15-29)25-34(44)32(41-39(48)49)23-27-10-6-4-7-11-27/h4-17,26,30,32-35,41,44H,18-25H2,1-3H3,(H,40,46)(H,42,45)(H,48,49)/t30-,32+,33+,34+,35+/m1/s1. The summed E-state index contributed by atoms with van der Waals surface area (Å²) in [6.07, 6.45) is -1.93. The van der Waals surface area contributed by atoms with Gasteiger partial charge < -0.3 is 40.5 Å². The molecule has 1 aliphatic heterocycles. The minimum absolute atomic E-state index is 0.0891. The zero-order valence-corrected chi connectivity index (χ0v) is 29.5. The number of carbonyl (C=O) groups excluding carboxylic acids is 3. The summed E-state index contributed by atoms with van der Waals surface area (Å²) in [5, 5.41) is 29.3. The SMILES string of the molecule is COc1ccc(C[C@H](C[C@H](O)[C@H](Cc2ccccc2)NC(=O)O)C(=O)N[C@H](C(=O)N[C@@H](Cc2ccccc2)C(=O)N2CCOCC2)C(C)C)cc1. The molecule has 0 unspecified atom stereocenters. The number of aliphatic hydroxyl groups is 1. The first-order valence-electron chi connectivity index (χ1n) is 17.4. The van der Waals surface area contributed by atoms with Crippen LogP contribution in [-0.2, 0) is 38.4 Å². The van der Waals surface area contributed by atoms with E-state index < -0.39 is 48.1 Å². The maximum absolute atomic E-state index is 14.1. The van der Waals surface area contributed by atoms with Crippen molar-refractivity contribution in [2.75, 3.05) is 33.4 Å². The average molecular weight is 703 g/mol. The van der Waals surface area contributed by atoms with Crippen LogP contribution >= 0.6 is 0 Å². The largest absolute Gasteiger partial charge is 0.497 e. The van der Waals surface area contributed by atoms with Crippen LogP contribution in [0.3, 0.4) is 0 Å². The molecule has 4 rings (SSSR count). The Labute approximate surface area is 299 Å². The minimum Gasteiger partial charge on any atom is -0.497 e. The molecule has 4 amide bonds. The summed E-state index contributed by atoms with van der Waals surface area (Å²) in [7, 11) is 1.56. The number of amides is 4. The lowest BCUT2D eigenvalue weighted by Crippen LogP contribution is -2.58. The highest BCUT2D eigenvalue weighted by Gasteiger charge is 2.34. The number of nitrogens with zero attached hydrogens (tertiary/aromatic N) is 1. The van der Waals surface area contributed by atoms with Crippen LogP contribution in [0.25, 0.3) is 0 Å². The fraction of sp³-hybridized carbons (Fsp3) is 0.436. The summed E-state index contributed by atoms with van der Waals surface area (Å²) in [5.41, 5.74) is 2.49. The Balaban J connectivity index is 1.55. The first-order valence-corrected chi connectivity index (χ1v) is 17.4. The third-order valence-electron chi connectivity index (χ3n) is 9.08. The van der Waals surface area contributed by atoms with Crippen molar-refractivity contribution in [3.05, 3.63) is 102 Å². The fourth-order valence-corrected chi connectivity index (χ4v) is 6.22. The van der Waals surface area contributed by atoms with Gasteiger partial charge in [-0.05, 0) is 54.0 Å². The maximum Gasteiger partial charge on any atom is 0.404 e. The molecule has 0 aliphatic carbocycles. The Kier molecular flexibility index (Phi) is 14.8. The van der Waals surface area contributed by atoms with Gasteiger partial charge in [-0.3, -0.25) is 14.4 Å². The second kappa shape index (κ2) is 19.5. The quantitative estimate of drug-likeness (QED) is 0.143. The van der Waals surface area contributed by atoms with Crippen LogP contribution in [0.15, 0.2) is 84.9 Å². The second-order valence-electron chi connectivity index (χ2n) is 13.2. The van der Waals surface area contributed by atoms with Crippen LogP contribution in [0.2, 0.25) is 0 Å². The molecule has 12 nitrogen and oxygen atoms in total. The molecular weight excluding hydrogens is 652 g/mol. The van der Waals surface area contributed by atoms with Gasteiger partial charge in [0.25, 0.3) is 0 Å². The van der Waals surface area contributed by atoms with Crippen molar-refractivity contribution in [3.63, 3.8) is 0 Å². The number of rotatable bonds is 17. The first kappa shape index (κ1) is 38.9. The van der Waals surface area contributed by atoms with Crippen molar-refractivity contribution < 1.29 is 38.9 Å². The van der Waals surface area contributed by atoms with Gasteiger partial charge in [0.15, 0.2) is 0 Å². The Hall–Kier alpha value is -4.94. The molecule has 0 saturated carbocycles. The highest BCUT2D eigenvalue weighted by atomic mass is 16.5. The summed E-state index contributed by atoms with van der Waals surface area (Å²) >= 11 is 0. The number of morpholine rings is 1. The van der Waals surface area contributed by atoms with Gasteiger partial charge >= 0.3 is 6.09 Å². The number of hydrogen-bond donors (Lipinski definition) is 5. The van der Waals surface area contributed by atoms with Crippen LogP contribution < -0.4 is 20.7 Å². The van der Waals surface area contributed by atoms with E-state index in [0.29, 0.717) is 32.1 Å². The molecule has 0 aromatic heterocycles. The van der Waals surface area contributed by atoms with Crippen molar-refractivity contribution in [1.29, 1.82) is 0 Å². The topological polar surface area (TPSA) is 167 Å². The third-order valence-corrected chi connectivity index (χ3v) is 9.08. The molecule has 3 aromatic rings. The zero-order chi connectivity index (χ0) is 36.8. The predicted molar refractivity (Wildman–Crippen MR) is 192 cm³/mol. The van der Waals surface area contributed by atoms with Crippen molar-refractivity contribution in [2.45, 2.75) is 63.8 Å². The van der Waals surface area contributed by atoms with Gasteiger partial charge in [-0.1, -0.05) is 86.6 Å². The molecule has 1 aliphatic rings.